The van der Waals surface area contributed by atoms with Crippen LogP contribution in [0.1, 0.15) is 15.2 Å². The molecule has 0 radical (unpaired) electrons. The van der Waals surface area contributed by atoms with Crippen LogP contribution in [0.2, 0.25) is 0 Å². The third-order valence-electron chi connectivity index (χ3n) is 2.77. The van der Waals surface area contributed by atoms with E-state index in [1.54, 1.807) is 12.3 Å². The quantitative estimate of drug-likeness (QED) is 0.884. The lowest BCUT2D eigenvalue weighted by molar-refractivity contribution is 0.102. The molecule has 2 heterocycles. The van der Waals surface area contributed by atoms with E-state index >= 15 is 0 Å². The predicted molar refractivity (Wildman–Crippen MR) is 75.2 cm³/mol. The first-order chi connectivity index (χ1) is 9.24. The number of rotatable bonds is 2. The van der Waals surface area contributed by atoms with Crippen LogP contribution >= 0.6 is 11.3 Å². The number of hydrogen-bond acceptors (Lipinski definition) is 5. The van der Waals surface area contributed by atoms with Gasteiger partial charge < -0.3 is 10.1 Å². The number of amides is 1. The topological polar surface area (TPSA) is 63.2 Å². The van der Waals surface area contributed by atoms with Crippen LogP contribution in [-0.2, 0) is 0 Å². The Labute approximate surface area is 114 Å². The van der Waals surface area contributed by atoms with E-state index in [0.29, 0.717) is 23.1 Å². The molecule has 5 nitrogen and oxygen atoms in total. The molecule has 1 aromatic heterocycles. The fraction of sp³-hybridized carbons (Fsp3) is 0.231. The summed E-state index contributed by atoms with van der Waals surface area (Å²) >= 11 is 1.45. The largest absolute Gasteiger partial charge is 0.489 e. The fourth-order valence-corrected chi connectivity index (χ4v) is 2.59. The van der Waals surface area contributed by atoms with E-state index in [-0.39, 0.29) is 5.91 Å². The highest BCUT2D eigenvalue weighted by molar-refractivity contribution is 7.15. The Morgan fingerprint density at radius 3 is 3.21 bits per heavy atom. The van der Waals surface area contributed by atoms with Gasteiger partial charge in [-0.2, -0.15) is 0 Å². The molecule has 0 bridgehead atoms. The highest BCUT2D eigenvalue weighted by Gasteiger charge is 2.19. The van der Waals surface area contributed by atoms with Crippen LogP contribution in [0.15, 0.2) is 24.4 Å². The Morgan fingerprint density at radius 1 is 1.53 bits per heavy atom. The molecule has 19 heavy (non-hydrogen) atoms. The van der Waals surface area contributed by atoms with E-state index in [2.05, 4.69) is 15.6 Å². The first-order valence-corrected chi connectivity index (χ1v) is 6.79. The van der Waals surface area contributed by atoms with Crippen molar-refractivity contribution in [3.8, 4) is 5.75 Å². The zero-order valence-corrected chi connectivity index (χ0v) is 11.2. The molecule has 0 spiro atoms. The molecule has 1 amide bonds. The highest BCUT2D eigenvalue weighted by atomic mass is 32.1. The van der Waals surface area contributed by atoms with Crippen LogP contribution in [0.5, 0.6) is 5.75 Å². The van der Waals surface area contributed by atoms with E-state index < -0.39 is 0 Å². The van der Waals surface area contributed by atoms with Gasteiger partial charge in [0.1, 0.15) is 6.61 Å². The lowest BCUT2D eigenvalue weighted by Gasteiger charge is -2.21. The second-order valence-electron chi connectivity index (χ2n) is 4.19. The summed E-state index contributed by atoms with van der Waals surface area (Å²) in [5.41, 5.74) is 1.38. The Morgan fingerprint density at radius 2 is 2.42 bits per heavy atom. The second kappa shape index (κ2) is 4.89. The lowest BCUT2D eigenvalue weighted by Crippen LogP contribution is -2.21. The van der Waals surface area contributed by atoms with Crippen molar-refractivity contribution in [2.75, 3.05) is 23.8 Å². The Balaban J connectivity index is 1.87. The number of carbonyl (C=O) groups is 1. The number of para-hydroxylation sites is 1. The Bertz CT molecular complexity index is 624. The van der Waals surface area contributed by atoms with Crippen molar-refractivity contribution in [2.45, 2.75) is 6.92 Å². The molecule has 0 saturated carbocycles. The van der Waals surface area contributed by atoms with E-state index in [1.807, 2.05) is 19.1 Å². The van der Waals surface area contributed by atoms with Crippen molar-refractivity contribution in [1.29, 1.82) is 0 Å². The number of hydrogen-bond donors (Lipinski definition) is 2. The van der Waals surface area contributed by atoms with Gasteiger partial charge in [-0.05, 0) is 19.1 Å². The Kier molecular flexibility index (Phi) is 3.08. The molecule has 3 rings (SSSR count). The number of carbonyl (C=O) groups excluding carboxylic acids is 1. The van der Waals surface area contributed by atoms with Gasteiger partial charge in [-0.15, -0.1) is 11.3 Å². The van der Waals surface area contributed by atoms with Gasteiger partial charge in [-0.3, -0.25) is 10.1 Å². The molecule has 0 aliphatic carbocycles. The molecule has 1 aromatic carbocycles. The van der Waals surface area contributed by atoms with Crippen LogP contribution in [0.3, 0.4) is 0 Å². The average molecular weight is 275 g/mol. The van der Waals surface area contributed by atoms with Gasteiger partial charge in [-0.1, -0.05) is 6.07 Å². The standard InChI is InChI=1S/C13H13N3O2S/c1-8-7-15-13(19-8)16-12(17)9-3-2-4-10-11(9)18-6-5-14-10/h2-4,7,14H,5-6H2,1H3,(H,15,16,17). The summed E-state index contributed by atoms with van der Waals surface area (Å²) in [6.45, 7) is 3.27. The summed E-state index contributed by atoms with van der Waals surface area (Å²) in [6.07, 6.45) is 1.73. The summed E-state index contributed by atoms with van der Waals surface area (Å²) in [7, 11) is 0. The summed E-state index contributed by atoms with van der Waals surface area (Å²) in [5, 5.41) is 6.60. The molecule has 0 saturated heterocycles. The Hall–Kier alpha value is -2.08. The maximum absolute atomic E-state index is 12.2. The zero-order chi connectivity index (χ0) is 13.2. The summed E-state index contributed by atoms with van der Waals surface area (Å²) in [5.74, 6) is 0.412. The van der Waals surface area contributed by atoms with E-state index in [9.17, 15) is 4.79 Å². The average Bonchev–Trinajstić information content (AvgIpc) is 2.83. The van der Waals surface area contributed by atoms with E-state index in [0.717, 1.165) is 17.1 Å². The van der Waals surface area contributed by atoms with Crippen LogP contribution in [0.25, 0.3) is 0 Å². The van der Waals surface area contributed by atoms with Crippen molar-refractivity contribution < 1.29 is 9.53 Å². The SMILES string of the molecule is Cc1cnc(NC(=O)c2cccc3c2OCCN3)s1. The van der Waals surface area contributed by atoms with Crippen molar-refractivity contribution in [2.24, 2.45) is 0 Å². The van der Waals surface area contributed by atoms with Gasteiger partial charge in [0.05, 0.1) is 11.3 Å². The maximum atomic E-state index is 12.2. The molecule has 2 aromatic rings. The van der Waals surface area contributed by atoms with Crippen LogP contribution in [0.4, 0.5) is 10.8 Å². The number of ether oxygens (including phenoxy) is 1. The van der Waals surface area contributed by atoms with E-state index in [1.165, 1.54) is 11.3 Å². The van der Waals surface area contributed by atoms with Gasteiger partial charge >= 0.3 is 0 Å². The maximum Gasteiger partial charge on any atom is 0.261 e. The first-order valence-electron chi connectivity index (χ1n) is 5.97. The monoisotopic (exact) mass is 275 g/mol. The molecule has 1 aliphatic heterocycles. The molecule has 6 heteroatoms. The molecule has 2 N–H and O–H groups in total. The predicted octanol–water partition coefficient (Wildman–Crippen LogP) is 2.51. The number of benzene rings is 1. The molecule has 0 unspecified atom stereocenters. The van der Waals surface area contributed by atoms with E-state index in [4.69, 9.17) is 4.74 Å². The summed E-state index contributed by atoms with van der Waals surface area (Å²) < 4.78 is 5.58. The normalized spacial score (nSPS) is 13.1. The van der Waals surface area contributed by atoms with Gasteiger partial charge in [0, 0.05) is 17.6 Å². The zero-order valence-electron chi connectivity index (χ0n) is 10.4. The number of fused-ring (bicyclic) bond motifs is 1. The number of aryl methyl sites for hydroxylation is 1. The van der Waals surface area contributed by atoms with Crippen molar-refractivity contribution in [1.82, 2.24) is 4.98 Å². The first kappa shape index (κ1) is 12.0. The van der Waals surface area contributed by atoms with Crippen LogP contribution in [0, 0.1) is 6.92 Å². The number of thiazole rings is 1. The molecule has 0 atom stereocenters. The number of nitrogens with one attached hydrogen (secondary N) is 2. The van der Waals surface area contributed by atoms with Crippen molar-refractivity contribution >= 4 is 28.1 Å². The smallest absolute Gasteiger partial charge is 0.261 e. The number of nitrogens with zero attached hydrogens (tertiary/aromatic N) is 1. The van der Waals surface area contributed by atoms with Crippen molar-refractivity contribution in [3.05, 3.63) is 34.8 Å². The minimum Gasteiger partial charge on any atom is -0.489 e. The minimum atomic E-state index is -0.199. The molecular formula is C13H13N3O2S. The molecular weight excluding hydrogens is 262 g/mol. The third kappa shape index (κ3) is 2.39. The molecule has 0 fully saturated rings. The summed E-state index contributed by atoms with van der Waals surface area (Å²) in [6, 6.07) is 5.49. The highest BCUT2D eigenvalue weighted by Crippen LogP contribution is 2.31. The number of anilines is 2. The second-order valence-corrected chi connectivity index (χ2v) is 5.42. The third-order valence-corrected chi connectivity index (χ3v) is 3.59. The van der Waals surface area contributed by atoms with Crippen LogP contribution in [-0.4, -0.2) is 24.0 Å². The number of aromatic nitrogens is 1. The lowest BCUT2D eigenvalue weighted by atomic mass is 10.1. The van der Waals surface area contributed by atoms with Crippen LogP contribution < -0.4 is 15.4 Å². The molecule has 98 valence electrons. The minimum absolute atomic E-state index is 0.199. The van der Waals surface area contributed by atoms with Gasteiger partial charge in [0.2, 0.25) is 0 Å². The summed E-state index contributed by atoms with van der Waals surface area (Å²) in [4.78, 5) is 17.4. The fourth-order valence-electron chi connectivity index (χ4n) is 1.93. The molecule has 1 aliphatic rings. The van der Waals surface area contributed by atoms with Gasteiger partial charge in [0.15, 0.2) is 10.9 Å². The van der Waals surface area contributed by atoms with Gasteiger partial charge in [-0.25, -0.2) is 4.98 Å². The van der Waals surface area contributed by atoms with Crippen molar-refractivity contribution in [3.63, 3.8) is 0 Å². The van der Waals surface area contributed by atoms with Gasteiger partial charge in [0.25, 0.3) is 5.91 Å².